The third kappa shape index (κ3) is 3.10. The topological polar surface area (TPSA) is 17.1 Å². The second-order valence-electron chi connectivity index (χ2n) is 5.46. The number of aldehydes is 1. The van der Waals surface area contributed by atoms with Crippen molar-refractivity contribution in [3.8, 4) is 11.1 Å². The lowest BCUT2D eigenvalue weighted by molar-refractivity contribution is -0.104. The van der Waals surface area contributed by atoms with Crippen molar-refractivity contribution >= 4 is 12.4 Å². The van der Waals surface area contributed by atoms with Crippen LogP contribution >= 0.6 is 0 Å². The molecule has 0 saturated carbocycles. The molecule has 2 aromatic carbocycles. The van der Waals surface area contributed by atoms with Crippen molar-refractivity contribution in [2.24, 2.45) is 0 Å². The van der Waals surface area contributed by atoms with E-state index in [2.05, 4.69) is 12.1 Å². The number of allylic oxidation sites excluding steroid dienone is 1. The number of hydrogen-bond acceptors (Lipinski definition) is 1. The second kappa shape index (κ2) is 6.04. The Morgan fingerprint density at radius 1 is 0.905 bits per heavy atom. The number of rotatable bonds is 3. The van der Waals surface area contributed by atoms with Gasteiger partial charge < -0.3 is 0 Å². The lowest BCUT2D eigenvalue weighted by Gasteiger charge is -2.13. The van der Waals surface area contributed by atoms with E-state index in [0.29, 0.717) is 11.1 Å². The monoisotopic (exact) mass is 282 g/mol. The van der Waals surface area contributed by atoms with Gasteiger partial charge >= 0.3 is 0 Å². The SMILES string of the molecule is Cc1cc(C)c(/C=C/C=O)c(-c2cc(C)c(F)c(C)c2)c1. The van der Waals surface area contributed by atoms with Crippen LogP contribution in [0.4, 0.5) is 4.39 Å². The van der Waals surface area contributed by atoms with Crippen LogP contribution in [0.2, 0.25) is 0 Å². The van der Waals surface area contributed by atoms with Crippen molar-refractivity contribution in [3.63, 3.8) is 0 Å². The highest BCUT2D eigenvalue weighted by atomic mass is 19.1. The van der Waals surface area contributed by atoms with Crippen molar-refractivity contribution < 1.29 is 9.18 Å². The first-order valence-corrected chi connectivity index (χ1v) is 6.94. The molecule has 1 nitrogen and oxygen atoms in total. The van der Waals surface area contributed by atoms with Gasteiger partial charge in [0, 0.05) is 0 Å². The van der Waals surface area contributed by atoms with Crippen LogP contribution in [0.5, 0.6) is 0 Å². The molecule has 2 rings (SSSR count). The van der Waals surface area contributed by atoms with E-state index in [0.717, 1.165) is 34.1 Å². The van der Waals surface area contributed by atoms with Crippen LogP contribution in [-0.4, -0.2) is 6.29 Å². The zero-order valence-electron chi connectivity index (χ0n) is 12.8. The minimum absolute atomic E-state index is 0.159. The summed E-state index contributed by atoms with van der Waals surface area (Å²) >= 11 is 0. The van der Waals surface area contributed by atoms with Crippen LogP contribution in [0.15, 0.2) is 30.3 Å². The van der Waals surface area contributed by atoms with E-state index in [4.69, 9.17) is 0 Å². The summed E-state index contributed by atoms with van der Waals surface area (Å²) in [5.41, 5.74) is 6.51. The van der Waals surface area contributed by atoms with Crippen LogP contribution < -0.4 is 0 Å². The molecule has 2 aromatic rings. The van der Waals surface area contributed by atoms with Gasteiger partial charge in [0.15, 0.2) is 0 Å². The maximum Gasteiger partial charge on any atom is 0.142 e. The van der Waals surface area contributed by atoms with E-state index in [-0.39, 0.29) is 5.82 Å². The fourth-order valence-corrected chi connectivity index (χ4v) is 2.68. The molecule has 0 aliphatic carbocycles. The van der Waals surface area contributed by atoms with Gasteiger partial charge in [0.05, 0.1) is 0 Å². The maximum absolute atomic E-state index is 13.8. The molecule has 2 heteroatoms. The molecule has 0 aliphatic rings. The number of halogens is 1. The first-order valence-electron chi connectivity index (χ1n) is 6.94. The Morgan fingerprint density at radius 2 is 1.52 bits per heavy atom. The minimum atomic E-state index is -0.159. The Bertz CT molecular complexity index is 704. The lowest BCUT2D eigenvalue weighted by atomic mass is 9.91. The molecule has 0 atom stereocenters. The molecule has 0 radical (unpaired) electrons. The minimum Gasteiger partial charge on any atom is -0.299 e. The van der Waals surface area contributed by atoms with Gasteiger partial charge in [-0.3, -0.25) is 4.79 Å². The first-order chi connectivity index (χ1) is 9.93. The molecule has 0 spiro atoms. The fraction of sp³-hybridized carbons (Fsp3) is 0.211. The summed E-state index contributed by atoms with van der Waals surface area (Å²) in [5, 5.41) is 0. The molecular weight excluding hydrogens is 263 g/mol. The summed E-state index contributed by atoms with van der Waals surface area (Å²) < 4.78 is 13.8. The zero-order chi connectivity index (χ0) is 15.6. The average Bonchev–Trinajstić information content (AvgIpc) is 2.42. The summed E-state index contributed by atoms with van der Waals surface area (Å²) in [7, 11) is 0. The normalized spacial score (nSPS) is 11.1. The molecule has 0 heterocycles. The third-order valence-electron chi connectivity index (χ3n) is 3.62. The van der Waals surface area contributed by atoms with Crippen molar-refractivity contribution in [1.82, 2.24) is 0 Å². The predicted octanol–water partition coefficient (Wildman–Crippen LogP) is 4.94. The summed E-state index contributed by atoms with van der Waals surface area (Å²) in [5.74, 6) is -0.159. The summed E-state index contributed by atoms with van der Waals surface area (Å²) in [6, 6.07) is 7.87. The van der Waals surface area contributed by atoms with E-state index in [1.807, 2.05) is 32.1 Å². The average molecular weight is 282 g/mol. The van der Waals surface area contributed by atoms with Crippen LogP contribution in [0.1, 0.15) is 27.8 Å². The molecule has 0 saturated heterocycles. The second-order valence-corrected chi connectivity index (χ2v) is 5.46. The number of aryl methyl sites for hydroxylation is 4. The molecule has 0 aromatic heterocycles. The quantitative estimate of drug-likeness (QED) is 0.575. The highest BCUT2D eigenvalue weighted by Crippen LogP contribution is 2.31. The molecule has 21 heavy (non-hydrogen) atoms. The molecule has 0 fully saturated rings. The Kier molecular flexibility index (Phi) is 4.37. The summed E-state index contributed by atoms with van der Waals surface area (Å²) in [6.45, 7) is 7.60. The number of benzene rings is 2. The lowest BCUT2D eigenvalue weighted by Crippen LogP contribution is -1.94. The van der Waals surface area contributed by atoms with Crippen LogP contribution in [0.25, 0.3) is 17.2 Å². The highest BCUT2D eigenvalue weighted by molar-refractivity contribution is 5.83. The number of hydrogen-bond donors (Lipinski definition) is 0. The van der Waals surface area contributed by atoms with Gasteiger partial charge in [-0.05, 0) is 79.3 Å². The van der Waals surface area contributed by atoms with E-state index in [9.17, 15) is 9.18 Å². The summed E-state index contributed by atoms with van der Waals surface area (Å²) in [4.78, 5) is 10.6. The van der Waals surface area contributed by atoms with Crippen LogP contribution in [0.3, 0.4) is 0 Å². The molecule has 0 amide bonds. The van der Waals surface area contributed by atoms with Crippen molar-refractivity contribution in [1.29, 1.82) is 0 Å². The van der Waals surface area contributed by atoms with Gasteiger partial charge in [-0.2, -0.15) is 0 Å². The Labute approximate surface area is 125 Å². The number of carbonyl (C=O) groups is 1. The standard InChI is InChI=1S/C19H19FO/c1-12-8-13(2)17(6-5-7-21)18(9-12)16-10-14(3)19(20)15(4)11-16/h5-11H,1-4H3/b6-5+. The van der Waals surface area contributed by atoms with Crippen molar-refractivity contribution in [3.05, 3.63) is 64.0 Å². The van der Waals surface area contributed by atoms with Crippen molar-refractivity contribution in [2.75, 3.05) is 0 Å². The third-order valence-corrected chi connectivity index (χ3v) is 3.62. The van der Waals surface area contributed by atoms with E-state index in [1.165, 1.54) is 6.08 Å². The van der Waals surface area contributed by atoms with Gasteiger partial charge in [-0.1, -0.05) is 23.8 Å². The van der Waals surface area contributed by atoms with E-state index >= 15 is 0 Å². The smallest absolute Gasteiger partial charge is 0.142 e. The van der Waals surface area contributed by atoms with Gasteiger partial charge in [0.25, 0.3) is 0 Å². The molecular formula is C19H19FO. The largest absolute Gasteiger partial charge is 0.299 e. The van der Waals surface area contributed by atoms with Crippen LogP contribution in [0, 0.1) is 33.5 Å². The zero-order valence-corrected chi connectivity index (χ0v) is 12.8. The Hall–Kier alpha value is -2.22. The van der Waals surface area contributed by atoms with Gasteiger partial charge in [0.1, 0.15) is 12.1 Å². The summed E-state index contributed by atoms with van der Waals surface area (Å²) in [6.07, 6.45) is 4.07. The molecule has 0 unspecified atom stereocenters. The van der Waals surface area contributed by atoms with Crippen molar-refractivity contribution in [2.45, 2.75) is 27.7 Å². The van der Waals surface area contributed by atoms with E-state index < -0.39 is 0 Å². The van der Waals surface area contributed by atoms with Gasteiger partial charge in [-0.15, -0.1) is 0 Å². The fourth-order valence-electron chi connectivity index (χ4n) is 2.68. The van der Waals surface area contributed by atoms with E-state index in [1.54, 1.807) is 13.8 Å². The Morgan fingerprint density at radius 3 is 2.10 bits per heavy atom. The van der Waals surface area contributed by atoms with Gasteiger partial charge in [-0.25, -0.2) is 4.39 Å². The maximum atomic E-state index is 13.8. The highest BCUT2D eigenvalue weighted by Gasteiger charge is 2.10. The van der Waals surface area contributed by atoms with Gasteiger partial charge in [0.2, 0.25) is 0 Å². The molecule has 0 bridgehead atoms. The number of carbonyl (C=O) groups excluding carboxylic acids is 1. The molecule has 0 N–H and O–H groups in total. The molecule has 0 aliphatic heterocycles. The predicted molar refractivity (Wildman–Crippen MR) is 85.9 cm³/mol. The van der Waals surface area contributed by atoms with Crippen LogP contribution in [-0.2, 0) is 4.79 Å². The first kappa shape index (κ1) is 15.2. The molecule has 108 valence electrons. The Balaban J connectivity index is 2.73.